The van der Waals surface area contributed by atoms with Crippen LogP contribution < -0.4 is 0 Å². The molecular weight excluding hydrogens is 300 g/mol. The van der Waals surface area contributed by atoms with E-state index in [-0.39, 0.29) is 17.9 Å². The van der Waals surface area contributed by atoms with E-state index in [0.29, 0.717) is 5.41 Å². The summed E-state index contributed by atoms with van der Waals surface area (Å²) in [6, 6.07) is 10.8. The molecule has 124 valence electrons. The van der Waals surface area contributed by atoms with Crippen LogP contribution in [0.3, 0.4) is 0 Å². The van der Waals surface area contributed by atoms with Gasteiger partial charge in [-0.2, -0.15) is 0 Å². The fourth-order valence-electron chi connectivity index (χ4n) is 4.91. The maximum absolute atomic E-state index is 13.3. The standard InChI is InChI=1S/C19H22N4O/c24-18(15-8-4-11-22-13-20-21-17(15)22)23-12-19(9-5-10-19)16(23)14-6-2-1-3-7-14/h1-3,6-7,13,15-16H,4-5,8-12H2. The molecular formula is C19H22N4O. The van der Waals surface area contributed by atoms with Crippen LogP contribution in [0, 0.1) is 5.41 Å². The van der Waals surface area contributed by atoms with Crippen LogP contribution in [0.1, 0.15) is 55.5 Å². The van der Waals surface area contributed by atoms with E-state index >= 15 is 0 Å². The molecule has 2 aliphatic heterocycles. The van der Waals surface area contributed by atoms with Crippen LogP contribution in [-0.4, -0.2) is 32.1 Å². The summed E-state index contributed by atoms with van der Waals surface area (Å²) in [6.45, 7) is 1.84. The number of fused-ring (bicyclic) bond motifs is 1. The van der Waals surface area contributed by atoms with Crippen molar-refractivity contribution in [3.05, 3.63) is 48.0 Å². The van der Waals surface area contributed by atoms with Gasteiger partial charge >= 0.3 is 0 Å². The first-order valence-corrected chi connectivity index (χ1v) is 9.02. The van der Waals surface area contributed by atoms with Gasteiger partial charge < -0.3 is 9.47 Å². The fraction of sp³-hybridized carbons (Fsp3) is 0.526. The molecule has 0 bridgehead atoms. The number of carbonyl (C=O) groups is 1. The third-order valence-corrected chi connectivity index (χ3v) is 6.27. The van der Waals surface area contributed by atoms with E-state index in [2.05, 4.69) is 39.4 Å². The van der Waals surface area contributed by atoms with Crippen LogP contribution in [-0.2, 0) is 11.3 Å². The largest absolute Gasteiger partial charge is 0.334 e. The number of amides is 1. The Morgan fingerprint density at radius 3 is 2.75 bits per heavy atom. The van der Waals surface area contributed by atoms with Gasteiger partial charge in [0.25, 0.3) is 0 Å². The van der Waals surface area contributed by atoms with E-state index < -0.39 is 0 Å². The Morgan fingerprint density at radius 1 is 1.17 bits per heavy atom. The molecule has 5 heteroatoms. The van der Waals surface area contributed by atoms with Crippen molar-refractivity contribution in [1.29, 1.82) is 0 Å². The molecule has 0 N–H and O–H groups in total. The number of benzene rings is 1. The Balaban J connectivity index is 1.46. The number of hydrogen-bond donors (Lipinski definition) is 0. The van der Waals surface area contributed by atoms with Gasteiger partial charge in [0, 0.05) is 18.5 Å². The van der Waals surface area contributed by atoms with Gasteiger partial charge in [-0.3, -0.25) is 4.79 Å². The lowest BCUT2D eigenvalue weighted by molar-refractivity contribution is -0.171. The average molecular weight is 322 g/mol. The molecule has 5 rings (SSSR count). The van der Waals surface area contributed by atoms with Crippen molar-refractivity contribution in [1.82, 2.24) is 19.7 Å². The minimum atomic E-state index is -0.120. The Hall–Kier alpha value is -2.17. The molecule has 1 spiro atoms. The summed E-state index contributed by atoms with van der Waals surface area (Å²) >= 11 is 0. The number of hydrogen-bond acceptors (Lipinski definition) is 3. The molecule has 1 aromatic heterocycles. The van der Waals surface area contributed by atoms with Crippen LogP contribution in [0.25, 0.3) is 0 Å². The molecule has 3 aliphatic rings. The van der Waals surface area contributed by atoms with Gasteiger partial charge in [0.15, 0.2) is 0 Å². The van der Waals surface area contributed by atoms with Crippen LogP contribution >= 0.6 is 0 Å². The van der Waals surface area contributed by atoms with E-state index in [0.717, 1.165) is 31.8 Å². The first-order chi connectivity index (χ1) is 11.8. The van der Waals surface area contributed by atoms with Gasteiger partial charge in [-0.05, 0) is 31.2 Å². The molecule has 24 heavy (non-hydrogen) atoms. The van der Waals surface area contributed by atoms with Crippen LogP contribution in [0.4, 0.5) is 0 Å². The maximum atomic E-state index is 13.3. The zero-order valence-electron chi connectivity index (χ0n) is 13.8. The summed E-state index contributed by atoms with van der Waals surface area (Å²) < 4.78 is 2.04. The van der Waals surface area contributed by atoms with Crippen molar-refractivity contribution in [3.8, 4) is 0 Å². The van der Waals surface area contributed by atoms with Crippen molar-refractivity contribution >= 4 is 5.91 Å². The summed E-state index contributed by atoms with van der Waals surface area (Å²) in [5.41, 5.74) is 1.62. The highest BCUT2D eigenvalue weighted by atomic mass is 16.2. The second kappa shape index (κ2) is 5.16. The van der Waals surface area contributed by atoms with Gasteiger partial charge in [-0.15, -0.1) is 10.2 Å². The first kappa shape index (κ1) is 14.2. The molecule has 1 saturated heterocycles. The molecule has 1 aliphatic carbocycles. The highest BCUT2D eigenvalue weighted by Gasteiger charge is 2.58. The molecule has 1 aromatic carbocycles. The van der Waals surface area contributed by atoms with E-state index in [9.17, 15) is 4.79 Å². The second-order valence-electron chi connectivity index (χ2n) is 7.57. The molecule has 5 nitrogen and oxygen atoms in total. The molecule has 2 aromatic rings. The topological polar surface area (TPSA) is 51.0 Å². The minimum absolute atomic E-state index is 0.120. The van der Waals surface area contributed by atoms with E-state index in [4.69, 9.17) is 0 Å². The zero-order valence-corrected chi connectivity index (χ0v) is 13.8. The first-order valence-electron chi connectivity index (χ1n) is 9.02. The molecule has 1 saturated carbocycles. The summed E-state index contributed by atoms with van der Waals surface area (Å²) in [7, 11) is 0. The third-order valence-electron chi connectivity index (χ3n) is 6.27. The summed E-state index contributed by atoms with van der Waals surface area (Å²) in [5, 5.41) is 8.25. The Morgan fingerprint density at radius 2 is 2.00 bits per heavy atom. The number of aryl methyl sites for hydroxylation is 1. The van der Waals surface area contributed by atoms with Crippen LogP contribution in [0.2, 0.25) is 0 Å². The van der Waals surface area contributed by atoms with Crippen molar-refractivity contribution in [2.45, 2.75) is 50.6 Å². The molecule has 0 radical (unpaired) electrons. The van der Waals surface area contributed by atoms with Crippen molar-refractivity contribution in [2.75, 3.05) is 6.54 Å². The normalized spacial score (nSPS) is 27.2. The molecule has 1 amide bonds. The number of aromatic nitrogens is 3. The Labute approximate surface area is 141 Å². The highest BCUT2D eigenvalue weighted by molar-refractivity contribution is 5.84. The summed E-state index contributed by atoms with van der Waals surface area (Å²) in [5.74, 6) is 0.979. The maximum Gasteiger partial charge on any atom is 0.233 e. The average Bonchev–Trinajstić information content (AvgIpc) is 3.02. The lowest BCUT2D eigenvalue weighted by Gasteiger charge is -2.63. The highest BCUT2D eigenvalue weighted by Crippen LogP contribution is 2.61. The van der Waals surface area contributed by atoms with Crippen molar-refractivity contribution in [3.63, 3.8) is 0 Å². The number of nitrogens with zero attached hydrogens (tertiary/aromatic N) is 4. The minimum Gasteiger partial charge on any atom is -0.334 e. The lowest BCUT2D eigenvalue weighted by atomic mass is 9.56. The molecule has 3 heterocycles. The second-order valence-corrected chi connectivity index (χ2v) is 7.57. The predicted octanol–water partition coefficient (Wildman–Crippen LogP) is 2.91. The quantitative estimate of drug-likeness (QED) is 0.854. The fourth-order valence-corrected chi connectivity index (χ4v) is 4.91. The molecule has 2 atom stereocenters. The SMILES string of the molecule is O=C(C1CCCn2cnnc21)N1CC2(CCC2)C1c1ccccc1. The zero-order chi connectivity index (χ0) is 16.1. The molecule has 2 fully saturated rings. The van der Waals surface area contributed by atoms with Gasteiger partial charge in [0.1, 0.15) is 12.2 Å². The van der Waals surface area contributed by atoms with Crippen LogP contribution in [0.5, 0.6) is 0 Å². The van der Waals surface area contributed by atoms with E-state index in [1.807, 2.05) is 10.6 Å². The van der Waals surface area contributed by atoms with Gasteiger partial charge in [0.2, 0.25) is 5.91 Å². The van der Waals surface area contributed by atoms with Gasteiger partial charge in [0.05, 0.1) is 12.0 Å². The number of carbonyl (C=O) groups excluding carboxylic acids is 1. The summed E-state index contributed by atoms with van der Waals surface area (Å²) in [6.07, 6.45) is 7.46. The Kier molecular flexibility index (Phi) is 3.05. The lowest BCUT2D eigenvalue weighted by Crippen LogP contribution is -2.64. The smallest absolute Gasteiger partial charge is 0.233 e. The van der Waals surface area contributed by atoms with Gasteiger partial charge in [-0.25, -0.2) is 0 Å². The van der Waals surface area contributed by atoms with Crippen molar-refractivity contribution in [2.24, 2.45) is 5.41 Å². The predicted molar refractivity (Wildman–Crippen MR) is 89.2 cm³/mol. The van der Waals surface area contributed by atoms with Crippen LogP contribution in [0.15, 0.2) is 36.7 Å². The summed E-state index contributed by atoms with van der Waals surface area (Å²) in [4.78, 5) is 15.4. The Bertz CT molecular complexity index is 765. The van der Waals surface area contributed by atoms with E-state index in [1.54, 1.807) is 6.33 Å². The van der Waals surface area contributed by atoms with E-state index in [1.165, 1.54) is 24.8 Å². The molecule has 2 unspecified atom stereocenters. The third kappa shape index (κ3) is 1.90. The van der Waals surface area contributed by atoms with Gasteiger partial charge in [-0.1, -0.05) is 36.8 Å². The monoisotopic (exact) mass is 322 g/mol. The van der Waals surface area contributed by atoms with Crippen molar-refractivity contribution < 1.29 is 4.79 Å². The number of rotatable bonds is 2. The number of likely N-dealkylation sites (tertiary alicyclic amines) is 1.